The van der Waals surface area contributed by atoms with E-state index in [-0.39, 0.29) is 0 Å². The van der Waals surface area contributed by atoms with Gasteiger partial charge >= 0.3 is 0 Å². The first-order valence-corrected chi connectivity index (χ1v) is 7.29. The SMILES string of the molecule is CCOCCCNc1nccn1-c1cccc(Cl)c1Cl. The van der Waals surface area contributed by atoms with Gasteiger partial charge in [-0.2, -0.15) is 0 Å². The number of anilines is 1. The molecule has 1 heterocycles. The number of nitrogens with zero attached hydrogens (tertiary/aromatic N) is 2. The normalized spacial score (nSPS) is 10.8. The lowest BCUT2D eigenvalue weighted by molar-refractivity contribution is 0.147. The molecule has 0 bridgehead atoms. The molecule has 0 aliphatic rings. The Balaban J connectivity index is 2.06. The predicted octanol–water partition coefficient (Wildman–Crippen LogP) is 4.02. The van der Waals surface area contributed by atoms with Crippen LogP contribution in [0.2, 0.25) is 10.0 Å². The van der Waals surface area contributed by atoms with Crippen LogP contribution in [0.1, 0.15) is 13.3 Å². The molecule has 6 heteroatoms. The number of rotatable bonds is 7. The van der Waals surface area contributed by atoms with Crippen molar-refractivity contribution in [3.63, 3.8) is 0 Å². The van der Waals surface area contributed by atoms with Crippen molar-refractivity contribution >= 4 is 29.2 Å². The van der Waals surface area contributed by atoms with E-state index in [0.29, 0.717) is 10.0 Å². The molecule has 2 aromatic rings. The topological polar surface area (TPSA) is 39.1 Å². The Bertz CT molecular complexity index is 557. The molecule has 0 fully saturated rings. The van der Waals surface area contributed by atoms with Gasteiger partial charge in [-0.1, -0.05) is 29.3 Å². The van der Waals surface area contributed by atoms with Gasteiger partial charge in [0.05, 0.1) is 15.7 Å². The molecular formula is C14H17Cl2N3O. The van der Waals surface area contributed by atoms with Gasteiger partial charge in [-0.15, -0.1) is 0 Å². The summed E-state index contributed by atoms with van der Waals surface area (Å²) in [5.74, 6) is 0.741. The molecule has 0 spiro atoms. The maximum Gasteiger partial charge on any atom is 0.207 e. The Kier molecular flexibility index (Phi) is 5.71. The van der Waals surface area contributed by atoms with Gasteiger partial charge in [0, 0.05) is 32.2 Å². The summed E-state index contributed by atoms with van der Waals surface area (Å²) in [6.45, 7) is 4.26. The van der Waals surface area contributed by atoms with Crippen LogP contribution in [0, 0.1) is 0 Å². The second-order valence-corrected chi connectivity index (χ2v) is 4.96. The van der Waals surface area contributed by atoms with Crippen molar-refractivity contribution in [1.82, 2.24) is 9.55 Å². The molecule has 1 aromatic heterocycles. The van der Waals surface area contributed by atoms with Crippen molar-refractivity contribution in [2.24, 2.45) is 0 Å². The molecule has 0 saturated heterocycles. The van der Waals surface area contributed by atoms with E-state index in [1.54, 1.807) is 12.3 Å². The minimum Gasteiger partial charge on any atom is -0.382 e. The summed E-state index contributed by atoms with van der Waals surface area (Å²) >= 11 is 12.3. The lowest BCUT2D eigenvalue weighted by atomic mass is 10.3. The summed E-state index contributed by atoms with van der Waals surface area (Å²) in [5.41, 5.74) is 0.809. The Labute approximate surface area is 128 Å². The second kappa shape index (κ2) is 7.53. The number of ether oxygens (including phenoxy) is 1. The van der Waals surface area contributed by atoms with Crippen LogP contribution in [0.5, 0.6) is 0 Å². The second-order valence-electron chi connectivity index (χ2n) is 4.17. The molecule has 1 aromatic carbocycles. The average Bonchev–Trinajstić information content (AvgIpc) is 2.90. The van der Waals surface area contributed by atoms with Crippen molar-refractivity contribution in [2.75, 3.05) is 25.1 Å². The number of benzene rings is 1. The van der Waals surface area contributed by atoms with Crippen molar-refractivity contribution in [2.45, 2.75) is 13.3 Å². The first-order valence-electron chi connectivity index (χ1n) is 6.53. The van der Waals surface area contributed by atoms with Gasteiger partial charge in [-0.05, 0) is 25.5 Å². The lowest BCUT2D eigenvalue weighted by Gasteiger charge is -2.12. The Morgan fingerprint density at radius 2 is 2.20 bits per heavy atom. The minimum absolute atomic E-state index is 0.518. The molecule has 0 aliphatic carbocycles. The van der Waals surface area contributed by atoms with Crippen LogP contribution >= 0.6 is 23.2 Å². The number of imidazole rings is 1. The molecule has 0 aliphatic heterocycles. The summed E-state index contributed by atoms with van der Waals surface area (Å²) in [4.78, 5) is 4.29. The molecule has 4 nitrogen and oxygen atoms in total. The molecule has 0 radical (unpaired) electrons. The van der Waals surface area contributed by atoms with Gasteiger partial charge in [0.1, 0.15) is 0 Å². The van der Waals surface area contributed by atoms with Gasteiger partial charge in [-0.25, -0.2) is 4.98 Å². The highest BCUT2D eigenvalue weighted by atomic mass is 35.5. The molecule has 0 atom stereocenters. The zero-order valence-corrected chi connectivity index (χ0v) is 12.8. The zero-order chi connectivity index (χ0) is 14.4. The molecule has 20 heavy (non-hydrogen) atoms. The van der Waals surface area contributed by atoms with Gasteiger partial charge in [-0.3, -0.25) is 4.57 Å². The van der Waals surface area contributed by atoms with E-state index in [4.69, 9.17) is 27.9 Å². The van der Waals surface area contributed by atoms with E-state index < -0.39 is 0 Å². The summed E-state index contributed by atoms with van der Waals surface area (Å²) in [7, 11) is 0. The standard InChI is InChI=1S/C14H17Cl2N3O/c1-2-20-10-4-7-17-14-18-8-9-19(14)12-6-3-5-11(15)13(12)16/h3,5-6,8-9H,2,4,7,10H2,1H3,(H,17,18). The van der Waals surface area contributed by atoms with Crippen molar-refractivity contribution < 1.29 is 4.74 Å². The number of hydrogen-bond acceptors (Lipinski definition) is 3. The summed E-state index contributed by atoms with van der Waals surface area (Å²) in [6, 6.07) is 5.53. The number of aromatic nitrogens is 2. The highest BCUT2D eigenvalue weighted by Crippen LogP contribution is 2.29. The van der Waals surface area contributed by atoms with E-state index >= 15 is 0 Å². The predicted molar refractivity (Wildman–Crippen MR) is 83.2 cm³/mol. The van der Waals surface area contributed by atoms with Crippen LogP contribution in [0.4, 0.5) is 5.95 Å². The first kappa shape index (κ1) is 15.2. The Hall–Kier alpha value is -1.23. The summed E-state index contributed by atoms with van der Waals surface area (Å²) in [5, 5.41) is 4.31. The third-order valence-corrected chi connectivity index (χ3v) is 3.59. The van der Waals surface area contributed by atoms with Crippen molar-refractivity contribution in [1.29, 1.82) is 0 Å². The number of nitrogens with one attached hydrogen (secondary N) is 1. The third-order valence-electron chi connectivity index (χ3n) is 2.78. The Morgan fingerprint density at radius 1 is 1.35 bits per heavy atom. The highest BCUT2D eigenvalue weighted by molar-refractivity contribution is 6.43. The van der Waals surface area contributed by atoms with Gasteiger partial charge in [0.25, 0.3) is 0 Å². The minimum atomic E-state index is 0.518. The van der Waals surface area contributed by atoms with Crippen molar-refractivity contribution in [3.05, 3.63) is 40.6 Å². The van der Waals surface area contributed by atoms with Gasteiger partial charge in [0.2, 0.25) is 5.95 Å². The zero-order valence-electron chi connectivity index (χ0n) is 11.3. The molecule has 2 rings (SSSR count). The largest absolute Gasteiger partial charge is 0.382 e. The van der Waals surface area contributed by atoms with E-state index in [1.807, 2.05) is 29.8 Å². The summed E-state index contributed by atoms with van der Waals surface area (Å²) in [6.07, 6.45) is 4.49. The summed E-state index contributed by atoms with van der Waals surface area (Å²) < 4.78 is 7.18. The average molecular weight is 314 g/mol. The smallest absolute Gasteiger partial charge is 0.207 e. The van der Waals surface area contributed by atoms with E-state index in [2.05, 4.69) is 10.3 Å². The number of halogens is 2. The maximum atomic E-state index is 6.23. The quantitative estimate of drug-likeness (QED) is 0.785. The highest BCUT2D eigenvalue weighted by Gasteiger charge is 2.10. The molecule has 1 N–H and O–H groups in total. The van der Waals surface area contributed by atoms with Crippen LogP contribution in [0.25, 0.3) is 5.69 Å². The molecule has 0 unspecified atom stereocenters. The fraction of sp³-hybridized carbons (Fsp3) is 0.357. The van der Waals surface area contributed by atoms with Gasteiger partial charge < -0.3 is 10.1 Å². The van der Waals surface area contributed by atoms with E-state index in [0.717, 1.165) is 37.8 Å². The van der Waals surface area contributed by atoms with Crippen LogP contribution in [-0.2, 0) is 4.74 Å². The maximum absolute atomic E-state index is 6.23. The van der Waals surface area contributed by atoms with Crippen LogP contribution in [0.3, 0.4) is 0 Å². The van der Waals surface area contributed by atoms with Crippen LogP contribution in [-0.4, -0.2) is 29.3 Å². The van der Waals surface area contributed by atoms with Crippen LogP contribution < -0.4 is 5.32 Å². The van der Waals surface area contributed by atoms with Gasteiger partial charge in [0.15, 0.2) is 0 Å². The fourth-order valence-electron chi connectivity index (χ4n) is 1.83. The molecular weight excluding hydrogens is 297 g/mol. The van der Waals surface area contributed by atoms with Crippen molar-refractivity contribution in [3.8, 4) is 5.69 Å². The Morgan fingerprint density at radius 3 is 3.00 bits per heavy atom. The van der Waals surface area contributed by atoms with E-state index in [1.165, 1.54) is 0 Å². The number of hydrogen-bond donors (Lipinski definition) is 1. The molecule has 0 amide bonds. The third kappa shape index (κ3) is 3.66. The fourth-order valence-corrected chi connectivity index (χ4v) is 2.21. The van der Waals surface area contributed by atoms with E-state index in [9.17, 15) is 0 Å². The lowest BCUT2D eigenvalue weighted by Crippen LogP contribution is -2.10. The first-order chi connectivity index (χ1) is 9.74. The molecule has 108 valence electrons. The monoisotopic (exact) mass is 313 g/mol. The molecule has 0 saturated carbocycles. The van der Waals surface area contributed by atoms with Crippen LogP contribution in [0.15, 0.2) is 30.6 Å².